The molecule has 15 heteroatoms. The first-order valence-corrected chi connectivity index (χ1v) is 17.6. The number of nitrogens with one attached hydrogen (secondary N) is 3. The van der Waals surface area contributed by atoms with Crippen LogP contribution in [-0.2, 0) is 24.4 Å². The van der Waals surface area contributed by atoms with Gasteiger partial charge in [-0.25, -0.2) is 8.42 Å². The van der Waals surface area contributed by atoms with Gasteiger partial charge in [-0.1, -0.05) is 25.0 Å². The van der Waals surface area contributed by atoms with Crippen molar-refractivity contribution in [3.8, 4) is 11.5 Å². The van der Waals surface area contributed by atoms with E-state index in [1.807, 2.05) is 18.2 Å². The standard InChI is InChI=1S/C32H38BN5O8S/c1-45-20-9-12-23-25(15-20)34-14-13-27(23)46-21-16-26-28(39)36-32(30(41)37-47(43,44)22-10-11-22)17-19(32)7-5-3-2-4-6-8-24(35-31(33)42)29(40)38(26)18-21/h5,7,9,12-15,19,21-22,24,26H,2-4,6,8,10-11,16-18H2,1H3,(H,35,42)(H,36,39)(H,37,41)/t19?,21-,24+,26+,32-/m1/s1. The van der Waals surface area contributed by atoms with Crippen molar-refractivity contribution in [3.63, 3.8) is 0 Å². The minimum Gasteiger partial charge on any atom is -0.497 e. The number of fused-ring (bicyclic) bond motifs is 3. The third kappa shape index (κ3) is 7.09. The van der Waals surface area contributed by atoms with Gasteiger partial charge in [0.15, 0.2) is 5.81 Å². The predicted molar refractivity (Wildman–Crippen MR) is 172 cm³/mol. The predicted octanol–water partition coefficient (Wildman–Crippen LogP) is 1.84. The summed E-state index contributed by atoms with van der Waals surface area (Å²) in [4.78, 5) is 59.3. The van der Waals surface area contributed by atoms with Crippen LogP contribution in [0.2, 0.25) is 0 Å². The minimum absolute atomic E-state index is 0.0203. The van der Waals surface area contributed by atoms with E-state index in [9.17, 15) is 27.6 Å². The lowest BCUT2D eigenvalue weighted by Crippen LogP contribution is -2.58. The molecule has 6 rings (SSSR count). The molecule has 13 nitrogen and oxygen atoms in total. The Morgan fingerprint density at radius 2 is 1.94 bits per heavy atom. The van der Waals surface area contributed by atoms with Crippen molar-refractivity contribution >= 4 is 52.3 Å². The highest BCUT2D eigenvalue weighted by atomic mass is 32.2. The summed E-state index contributed by atoms with van der Waals surface area (Å²) in [5.74, 6) is -2.03. The molecule has 4 amide bonds. The molecule has 3 N–H and O–H groups in total. The van der Waals surface area contributed by atoms with Crippen molar-refractivity contribution in [3.05, 3.63) is 42.6 Å². The van der Waals surface area contributed by atoms with Crippen LogP contribution in [0.15, 0.2) is 42.6 Å². The van der Waals surface area contributed by atoms with E-state index < -0.39 is 68.4 Å². The number of amides is 4. The monoisotopic (exact) mass is 663 g/mol. The Balaban J connectivity index is 1.30. The summed E-state index contributed by atoms with van der Waals surface area (Å²) >= 11 is 0. The van der Waals surface area contributed by atoms with Crippen LogP contribution in [0.25, 0.3) is 10.9 Å². The summed E-state index contributed by atoms with van der Waals surface area (Å²) in [7, 11) is 3.14. The van der Waals surface area contributed by atoms with Crippen LogP contribution in [0.3, 0.4) is 0 Å². The van der Waals surface area contributed by atoms with Gasteiger partial charge in [0.25, 0.3) is 5.91 Å². The molecule has 5 atom stereocenters. The summed E-state index contributed by atoms with van der Waals surface area (Å²) in [6.45, 7) is 0.0203. The van der Waals surface area contributed by atoms with E-state index in [0.29, 0.717) is 54.5 Å². The second-order valence-corrected chi connectivity index (χ2v) is 14.7. The molecule has 2 saturated carbocycles. The molecule has 1 unspecified atom stereocenters. The number of carbonyl (C=O) groups excluding carboxylic acids is 4. The molecule has 2 aliphatic carbocycles. The minimum atomic E-state index is -3.87. The van der Waals surface area contributed by atoms with Gasteiger partial charge in [-0.2, -0.15) is 0 Å². The number of pyridine rings is 1. The summed E-state index contributed by atoms with van der Waals surface area (Å²) in [5.41, 5.74) is -0.842. The molecule has 3 fully saturated rings. The number of carbonyl (C=O) groups is 4. The number of allylic oxidation sites excluding steroid dienone is 1. The Labute approximate surface area is 274 Å². The van der Waals surface area contributed by atoms with E-state index in [4.69, 9.17) is 17.3 Å². The van der Waals surface area contributed by atoms with Gasteiger partial charge < -0.3 is 25.0 Å². The van der Waals surface area contributed by atoms with E-state index >= 15 is 0 Å². The van der Waals surface area contributed by atoms with Gasteiger partial charge in [0, 0.05) is 30.0 Å². The quantitative estimate of drug-likeness (QED) is 0.295. The lowest BCUT2D eigenvalue weighted by atomic mass is 10.0. The molecular formula is C32H38BN5O8S. The van der Waals surface area contributed by atoms with E-state index in [0.717, 1.165) is 12.8 Å². The molecule has 0 bridgehead atoms. The molecule has 2 radical (unpaired) electrons. The van der Waals surface area contributed by atoms with Crippen LogP contribution in [0.1, 0.15) is 57.8 Å². The van der Waals surface area contributed by atoms with Gasteiger partial charge >= 0.3 is 0 Å². The normalized spacial score (nSPS) is 28.2. The average Bonchev–Trinajstić information content (AvgIpc) is 3.96. The van der Waals surface area contributed by atoms with Gasteiger partial charge in [0.1, 0.15) is 35.2 Å². The number of rotatable bonds is 7. The zero-order valence-corrected chi connectivity index (χ0v) is 27.0. The molecule has 2 aromatic rings. The Hall–Kier alpha value is -4.14. The molecule has 0 spiro atoms. The number of nitrogens with zero attached hydrogens (tertiary/aromatic N) is 2. The molecular weight excluding hydrogens is 625 g/mol. The number of sulfonamides is 1. The Morgan fingerprint density at radius 1 is 1.13 bits per heavy atom. The second kappa shape index (κ2) is 13.2. The maximum Gasteiger partial charge on any atom is 0.259 e. The van der Waals surface area contributed by atoms with Crippen molar-refractivity contribution in [2.24, 2.45) is 5.92 Å². The fourth-order valence-electron chi connectivity index (χ4n) is 6.53. The lowest BCUT2D eigenvalue weighted by molar-refractivity contribution is -0.141. The number of benzene rings is 1. The highest BCUT2D eigenvalue weighted by Crippen LogP contribution is 2.46. The van der Waals surface area contributed by atoms with Gasteiger partial charge in [-0.3, -0.25) is 28.9 Å². The maximum absolute atomic E-state index is 14.1. The summed E-state index contributed by atoms with van der Waals surface area (Å²) in [5, 5.41) is 5.48. The van der Waals surface area contributed by atoms with Crippen molar-refractivity contribution < 1.29 is 37.1 Å². The van der Waals surface area contributed by atoms with Gasteiger partial charge in [0.05, 0.1) is 24.4 Å². The van der Waals surface area contributed by atoms with E-state index in [-0.39, 0.29) is 19.4 Å². The third-order valence-corrected chi connectivity index (χ3v) is 11.2. The SMILES string of the molecule is [B]C(=O)N[C@H]1CCCCCC=CC2C[C@@]2(C(=O)NS(=O)(=O)C2CC2)NC(=O)[C@@H]2C[C@@H](Oc3ccnc4cc(OC)ccc34)CN2C1=O. The van der Waals surface area contributed by atoms with Crippen LogP contribution >= 0.6 is 0 Å². The first-order valence-electron chi connectivity index (χ1n) is 16.0. The van der Waals surface area contributed by atoms with Crippen LogP contribution in [0, 0.1) is 5.92 Å². The molecule has 248 valence electrons. The molecule has 2 aliphatic heterocycles. The molecule has 1 saturated heterocycles. The zero-order valence-electron chi connectivity index (χ0n) is 26.1. The van der Waals surface area contributed by atoms with Crippen molar-refractivity contribution in [2.45, 2.75) is 86.8 Å². The Kier molecular flexibility index (Phi) is 9.19. The van der Waals surface area contributed by atoms with Gasteiger partial charge in [-0.15, -0.1) is 0 Å². The molecule has 1 aromatic heterocycles. The Bertz CT molecular complexity index is 1720. The summed E-state index contributed by atoms with van der Waals surface area (Å²) < 4.78 is 39.3. The molecule has 47 heavy (non-hydrogen) atoms. The smallest absolute Gasteiger partial charge is 0.259 e. The number of ether oxygens (including phenoxy) is 2. The lowest BCUT2D eigenvalue weighted by Gasteiger charge is -2.29. The van der Waals surface area contributed by atoms with Gasteiger partial charge in [0.2, 0.25) is 29.7 Å². The topological polar surface area (TPSA) is 173 Å². The Morgan fingerprint density at radius 3 is 2.68 bits per heavy atom. The van der Waals surface area contributed by atoms with Crippen LogP contribution < -0.4 is 24.8 Å². The van der Waals surface area contributed by atoms with Crippen molar-refractivity contribution in [2.75, 3.05) is 13.7 Å². The average molecular weight is 664 g/mol. The van der Waals surface area contributed by atoms with Crippen molar-refractivity contribution in [1.29, 1.82) is 0 Å². The first kappa shape index (κ1) is 32.8. The molecule has 1 aromatic carbocycles. The highest BCUT2D eigenvalue weighted by molar-refractivity contribution is 7.91. The van der Waals surface area contributed by atoms with Crippen LogP contribution in [-0.4, -0.2) is 92.3 Å². The first-order chi connectivity index (χ1) is 22.5. The van der Waals surface area contributed by atoms with Gasteiger partial charge in [-0.05, 0) is 56.7 Å². The van der Waals surface area contributed by atoms with Crippen LogP contribution in [0.5, 0.6) is 11.5 Å². The van der Waals surface area contributed by atoms with E-state index in [1.54, 1.807) is 31.5 Å². The van der Waals surface area contributed by atoms with Crippen molar-refractivity contribution in [1.82, 2.24) is 25.2 Å². The second-order valence-electron chi connectivity index (χ2n) is 12.7. The van der Waals surface area contributed by atoms with E-state index in [1.165, 1.54) is 4.90 Å². The highest BCUT2D eigenvalue weighted by Gasteiger charge is 2.62. The van der Waals surface area contributed by atoms with E-state index in [2.05, 4.69) is 20.3 Å². The maximum atomic E-state index is 14.1. The number of hydrogen-bond donors (Lipinski definition) is 3. The molecule has 4 aliphatic rings. The zero-order chi connectivity index (χ0) is 33.3. The number of hydrogen-bond acceptors (Lipinski definition) is 9. The molecule has 3 heterocycles. The summed E-state index contributed by atoms with van der Waals surface area (Å²) in [6.07, 6.45) is 9.25. The summed E-state index contributed by atoms with van der Waals surface area (Å²) in [6, 6.07) is 5.02. The number of aromatic nitrogens is 1. The largest absolute Gasteiger partial charge is 0.497 e. The third-order valence-electron chi connectivity index (χ3n) is 9.36. The fourth-order valence-corrected chi connectivity index (χ4v) is 7.89. The van der Waals surface area contributed by atoms with Crippen LogP contribution in [0.4, 0.5) is 4.79 Å². The fraction of sp³-hybridized carbons (Fsp3) is 0.531. The number of methoxy groups -OCH3 is 1.